The summed E-state index contributed by atoms with van der Waals surface area (Å²) < 4.78 is 10.7. The minimum Gasteiger partial charge on any atom is -0.492 e. The van der Waals surface area contributed by atoms with Crippen LogP contribution in [0.1, 0.15) is 39.2 Å². The number of halogens is 1. The maximum Gasteiger partial charge on any atom is 0.256 e. The first-order valence-electron chi connectivity index (χ1n) is 9.34. The van der Waals surface area contributed by atoms with Crippen molar-refractivity contribution in [2.75, 3.05) is 26.9 Å². The number of H-pyrrole nitrogens is 1. The Kier molecular flexibility index (Phi) is 6.42. The number of nitrogens with zero attached hydrogens (tertiary/aromatic N) is 1. The summed E-state index contributed by atoms with van der Waals surface area (Å²) in [6.45, 7) is 5.59. The zero-order chi connectivity index (χ0) is 20.3. The lowest BCUT2D eigenvalue weighted by Gasteiger charge is -2.30. The molecule has 0 unspecified atom stereocenters. The van der Waals surface area contributed by atoms with Crippen LogP contribution in [0.5, 0.6) is 5.75 Å². The van der Waals surface area contributed by atoms with E-state index in [1.165, 1.54) is 0 Å². The van der Waals surface area contributed by atoms with Crippen molar-refractivity contribution in [2.45, 2.75) is 33.2 Å². The molecule has 0 saturated carbocycles. The molecule has 0 bridgehead atoms. The fraction of sp³-hybridized carbons (Fsp3) is 0.429. The standard InChI is InChI=1S/C21H25ClN2O4/c1-13-11-14(2)23-20(25)16(13)12-24-8-7-15-5-6-17(28-10-4-9-27-3)19(22)18(15)21(24)26/h5-6,11H,4,7-10,12H2,1-3H3,(H,23,25). The molecule has 150 valence electrons. The number of hydrogen-bond acceptors (Lipinski definition) is 4. The lowest BCUT2D eigenvalue weighted by atomic mass is 9.97. The van der Waals surface area contributed by atoms with Gasteiger partial charge in [-0.3, -0.25) is 9.59 Å². The van der Waals surface area contributed by atoms with Crippen molar-refractivity contribution in [1.29, 1.82) is 0 Å². The molecule has 1 aromatic heterocycles. The molecule has 1 amide bonds. The Morgan fingerprint density at radius 2 is 2.00 bits per heavy atom. The van der Waals surface area contributed by atoms with Crippen LogP contribution in [-0.4, -0.2) is 42.7 Å². The number of carbonyl (C=O) groups excluding carboxylic acids is 1. The highest BCUT2D eigenvalue weighted by Gasteiger charge is 2.29. The normalized spacial score (nSPS) is 13.6. The quantitative estimate of drug-likeness (QED) is 0.719. The summed E-state index contributed by atoms with van der Waals surface area (Å²) in [6.07, 6.45) is 1.42. The van der Waals surface area contributed by atoms with E-state index in [1.54, 1.807) is 12.0 Å². The van der Waals surface area contributed by atoms with E-state index in [4.69, 9.17) is 21.1 Å². The molecule has 7 heteroatoms. The Balaban J connectivity index is 1.83. The third kappa shape index (κ3) is 4.23. The molecule has 1 aliphatic heterocycles. The van der Waals surface area contributed by atoms with Crippen molar-refractivity contribution in [2.24, 2.45) is 0 Å². The summed E-state index contributed by atoms with van der Waals surface area (Å²) >= 11 is 6.51. The lowest BCUT2D eigenvalue weighted by Crippen LogP contribution is -2.39. The Labute approximate surface area is 169 Å². The summed E-state index contributed by atoms with van der Waals surface area (Å²) in [7, 11) is 1.64. The predicted molar refractivity (Wildman–Crippen MR) is 108 cm³/mol. The first-order chi connectivity index (χ1) is 13.4. The highest BCUT2D eigenvalue weighted by atomic mass is 35.5. The number of aryl methyl sites for hydroxylation is 2. The van der Waals surface area contributed by atoms with Gasteiger partial charge in [-0.15, -0.1) is 0 Å². The Morgan fingerprint density at radius 1 is 1.21 bits per heavy atom. The van der Waals surface area contributed by atoms with E-state index >= 15 is 0 Å². The van der Waals surface area contributed by atoms with E-state index in [2.05, 4.69) is 4.98 Å². The van der Waals surface area contributed by atoms with E-state index in [9.17, 15) is 9.59 Å². The number of methoxy groups -OCH3 is 1. The predicted octanol–water partition coefficient (Wildman–Crippen LogP) is 3.26. The lowest BCUT2D eigenvalue weighted by molar-refractivity contribution is 0.0725. The molecule has 3 rings (SSSR count). The number of hydrogen-bond donors (Lipinski definition) is 1. The van der Waals surface area contributed by atoms with Gasteiger partial charge in [0.1, 0.15) is 5.75 Å². The average Bonchev–Trinajstić information content (AvgIpc) is 2.64. The van der Waals surface area contributed by atoms with Crippen LogP contribution >= 0.6 is 11.6 Å². The molecule has 28 heavy (non-hydrogen) atoms. The fourth-order valence-corrected chi connectivity index (χ4v) is 3.79. The summed E-state index contributed by atoms with van der Waals surface area (Å²) in [5, 5.41) is 0.333. The molecule has 2 heterocycles. The largest absolute Gasteiger partial charge is 0.492 e. The van der Waals surface area contributed by atoms with Gasteiger partial charge in [-0.2, -0.15) is 0 Å². The molecule has 0 saturated heterocycles. The minimum atomic E-state index is -0.173. The highest BCUT2D eigenvalue weighted by molar-refractivity contribution is 6.35. The van der Waals surface area contributed by atoms with Gasteiger partial charge in [0.05, 0.1) is 23.7 Å². The van der Waals surface area contributed by atoms with Gasteiger partial charge in [0, 0.05) is 37.9 Å². The van der Waals surface area contributed by atoms with Crippen molar-refractivity contribution < 1.29 is 14.3 Å². The highest BCUT2D eigenvalue weighted by Crippen LogP contribution is 2.34. The van der Waals surface area contributed by atoms with Crippen molar-refractivity contribution in [3.05, 3.63) is 61.5 Å². The van der Waals surface area contributed by atoms with Crippen LogP contribution in [0, 0.1) is 13.8 Å². The third-order valence-corrected chi connectivity index (χ3v) is 5.31. The van der Waals surface area contributed by atoms with Crippen LogP contribution in [0.4, 0.5) is 0 Å². The van der Waals surface area contributed by atoms with Crippen LogP contribution in [0.2, 0.25) is 5.02 Å². The molecule has 2 aromatic rings. The molecule has 0 atom stereocenters. The molecule has 0 spiro atoms. The van der Waals surface area contributed by atoms with E-state index in [-0.39, 0.29) is 18.0 Å². The van der Waals surface area contributed by atoms with Crippen LogP contribution in [-0.2, 0) is 17.7 Å². The van der Waals surface area contributed by atoms with Crippen molar-refractivity contribution in [3.8, 4) is 5.75 Å². The summed E-state index contributed by atoms with van der Waals surface area (Å²) in [4.78, 5) is 29.9. The van der Waals surface area contributed by atoms with Crippen molar-refractivity contribution in [3.63, 3.8) is 0 Å². The first-order valence-corrected chi connectivity index (χ1v) is 9.72. The zero-order valence-electron chi connectivity index (χ0n) is 16.4. The van der Waals surface area contributed by atoms with E-state index in [0.717, 1.165) is 23.2 Å². The van der Waals surface area contributed by atoms with Gasteiger partial charge in [0.25, 0.3) is 11.5 Å². The molecule has 1 aliphatic rings. The molecule has 0 aliphatic carbocycles. The average molecular weight is 405 g/mol. The van der Waals surface area contributed by atoms with E-state index in [1.807, 2.05) is 32.0 Å². The second-order valence-corrected chi connectivity index (χ2v) is 7.40. The van der Waals surface area contributed by atoms with Crippen LogP contribution in [0.25, 0.3) is 0 Å². The van der Waals surface area contributed by atoms with Gasteiger partial charge in [-0.25, -0.2) is 0 Å². The van der Waals surface area contributed by atoms with Gasteiger partial charge in [-0.05, 0) is 43.5 Å². The number of amides is 1. The topological polar surface area (TPSA) is 71.6 Å². The molecule has 1 aromatic carbocycles. The SMILES string of the molecule is COCCCOc1ccc2c(c1Cl)C(=O)N(Cc1c(C)cc(C)[nH]c1=O)CC2. The van der Waals surface area contributed by atoms with Crippen LogP contribution in [0.3, 0.4) is 0 Å². The number of fused-ring (bicyclic) bond motifs is 1. The third-order valence-electron chi connectivity index (χ3n) is 4.94. The number of aromatic nitrogens is 1. The molecular weight excluding hydrogens is 380 g/mol. The van der Waals surface area contributed by atoms with Crippen LogP contribution < -0.4 is 10.3 Å². The molecular formula is C21H25ClN2O4. The number of rotatable bonds is 7. The second-order valence-electron chi connectivity index (χ2n) is 7.03. The monoisotopic (exact) mass is 404 g/mol. The van der Waals surface area contributed by atoms with Gasteiger partial charge in [-0.1, -0.05) is 17.7 Å². The number of aromatic amines is 1. The summed E-state index contributed by atoms with van der Waals surface area (Å²) in [5.41, 5.74) is 3.51. The van der Waals surface area contributed by atoms with Gasteiger partial charge < -0.3 is 19.4 Å². The molecule has 6 nitrogen and oxygen atoms in total. The minimum absolute atomic E-state index is 0.155. The summed E-state index contributed by atoms with van der Waals surface area (Å²) in [6, 6.07) is 5.62. The Bertz CT molecular complexity index is 939. The van der Waals surface area contributed by atoms with Crippen LogP contribution in [0.15, 0.2) is 23.0 Å². The van der Waals surface area contributed by atoms with Crippen molar-refractivity contribution in [1.82, 2.24) is 9.88 Å². The molecule has 1 N–H and O–H groups in total. The summed E-state index contributed by atoms with van der Waals surface area (Å²) in [5.74, 6) is 0.323. The smallest absolute Gasteiger partial charge is 0.256 e. The van der Waals surface area contributed by atoms with E-state index in [0.29, 0.717) is 48.1 Å². The number of nitrogens with one attached hydrogen (secondary N) is 1. The van der Waals surface area contributed by atoms with E-state index < -0.39 is 0 Å². The second kappa shape index (κ2) is 8.80. The number of ether oxygens (including phenoxy) is 2. The molecule has 0 fully saturated rings. The zero-order valence-corrected chi connectivity index (χ0v) is 17.2. The van der Waals surface area contributed by atoms with Gasteiger partial charge in [0.15, 0.2) is 0 Å². The Morgan fingerprint density at radius 3 is 2.71 bits per heavy atom. The van der Waals surface area contributed by atoms with Gasteiger partial charge in [0.2, 0.25) is 0 Å². The fourth-order valence-electron chi connectivity index (χ4n) is 3.47. The number of benzene rings is 1. The van der Waals surface area contributed by atoms with Crippen molar-refractivity contribution >= 4 is 17.5 Å². The first kappa shape index (κ1) is 20.4. The maximum absolute atomic E-state index is 13.1. The molecule has 0 radical (unpaired) electrons. The van der Waals surface area contributed by atoms with Gasteiger partial charge >= 0.3 is 0 Å². The number of pyridine rings is 1. The maximum atomic E-state index is 13.1. The Hall–Kier alpha value is -2.31. The number of carbonyl (C=O) groups is 1.